The van der Waals surface area contributed by atoms with Gasteiger partial charge in [-0.05, 0) is 12.8 Å². The van der Waals surface area contributed by atoms with Crippen LogP contribution in [0.2, 0.25) is 0 Å². The maximum Gasteiger partial charge on any atom is 0.190 e. The third-order valence-electron chi connectivity index (χ3n) is 1.97. The van der Waals surface area contributed by atoms with Crippen LogP contribution in [0.15, 0.2) is 4.99 Å². The smallest absolute Gasteiger partial charge is 0.190 e. The molecule has 4 nitrogen and oxygen atoms in total. The number of hydrogen-bond donors (Lipinski definition) is 3. The molecule has 4 heteroatoms. The Labute approximate surface area is 74.1 Å². The van der Waals surface area contributed by atoms with Crippen molar-refractivity contribution >= 4 is 5.96 Å². The molecule has 0 spiro atoms. The van der Waals surface area contributed by atoms with E-state index < -0.39 is 0 Å². The summed E-state index contributed by atoms with van der Waals surface area (Å²) >= 11 is 0. The molecule has 2 atom stereocenters. The number of aliphatic imine (C=N–C) groups is 1. The molecular formula is C8H19N3O. The molecule has 12 heavy (non-hydrogen) atoms. The molecule has 0 aliphatic heterocycles. The summed E-state index contributed by atoms with van der Waals surface area (Å²) in [6.45, 7) is 4.19. The molecule has 72 valence electrons. The fourth-order valence-electron chi connectivity index (χ4n) is 0.765. The fourth-order valence-corrected chi connectivity index (χ4v) is 0.765. The van der Waals surface area contributed by atoms with E-state index in [2.05, 4.69) is 15.6 Å². The first kappa shape index (κ1) is 11.2. The van der Waals surface area contributed by atoms with E-state index in [0.29, 0.717) is 0 Å². The molecule has 0 rings (SSSR count). The first-order valence-electron chi connectivity index (χ1n) is 4.17. The van der Waals surface area contributed by atoms with Crippen LogP contribution in [0.1, 0.15) is 13.8 Å². The quantitative estimate of drug-likeness (QED) is 0.409. The lowest BCUT2D eigenvalue weighted by Gasteiger charge is -2.20. The van der Waals surface area contributed by atoms with Crippen molar-refractivity contribution in [3.63, 3.8) is 0 Å². The number of nitrogens with one attached hydrogen (secondary N) is 2. The van der Waals surface area contributed by atoms with Gasteiger partial charge in [0.15, 0.2) is 5.96 Å². The summed E-state index contributed by atoms with van der Waals surface area (Å²) in [5, 5.41) is 14.9. The molecule has 0 aliphatic rings. The van der Waals surface area contributed by atoms with Gasteiger partial charge in [-0.3, -0.25) is 4.99 Å². The maximum absolute atomic E-state index is 8.86. The van der Waals surface area contributed by atoms with Crippen LogP contribution < -0.4 is 10.6 Å². The number of guanidine groups is 1. The molecule has 2 unspecified atom stereocenters. The highest BCUT2D eigenvalue weighted by Crippen LogP contribution is 1.99. The minimum absolute atomic E-state index is 0.189. The fraction of sp³-hybridized carbons (Fsp3) is 0.875. The van der Waals surface area contributed by atoms with Crippen molar-refractivity contribution in [2.75, 3.05) is 20.7 Å². The largest absolute Gasteiger partial charge is 0.396 e. The second-order valence-corrected chi connectivity index (χ2v) is 2.92. The summed E-state index contributed by atoms with van der Waals surface area (Å²) in [5.74, 6) is 0.984. The van der Waals surface area contributed by atoms with E-state index >= 15 is 0 Å². The lowest BCUT2D eigenvalue weighted by molar-refractivity contribution is 0.215. The molecule has 0 fully saturated rings. The number of rotatable bonds is 3. The molecule has 0 bridgehead atoms. The van der Waals surface area contributed by atoms with Crippen LogP contribution in [0.3, 0.4) is 0 Å². The Morgan fingerprint density at radius 1 is 1.50 bits per heavy atom. The minimum Gasteiger partial charge on any atom is -0.396 e. The summed E-state index contributed by atoms with van der Waals surface area (Å²) in [7, 11) is 3.53. The SMILES string of the molecule is CN=C(NC)NC(C)C(C)CO. The predicted molar refractivity (Wildman–Crippen MR) is 51.3 cm³/mol. The van der Waals surface area contributed by atoms with Crippen molar-refractivity contribution < 1.29 is 5.11 Å². The van der Waals surface area contributed by atoms with Gasteiger partial charge in [0.25, 0.3) is 0 Å². The number of hydrogen-bond acceptors (Lipinski definition) is 2. The van der Waals surface area contributed by atoms with Crippen molar-refractivity contribution in [3.05, 3.63) is 0 Å². The van der Waals surface area contributed by atoms with Gasteiger partial charge in [-0.2, -0.15) is 0 Å². The van der Waals surface area contributed by atoms with E-state index in [9.17, 15) is 0 Å². The zero-order chi connectivity index (χ0) is 9.56. The van der Waals surface area contributed by atoms with Crippen molar-refractivity contribution in [3.8, 4) is 0 Å². The van der Waals surface area contributed by atoms with Crippen LogP contribution in [0.25, 0.3) is 0 Å². The Hall–Kier alpha value is -0.770. The van der Waals surface area contributed by atoms with Gasteiger partial charge in [0.1, 0.15) is 0 Å². The van der Waals surface area contributed by atoms with Gasteiger partial charge in [0.2, 0.25) is 0 Å². The first-order chi connectivity index (χ1) is 5.65. The zero-order valence-electron chi connectivity index (χ0n) is 8.26. The Morgan fingerprint density at radius 2 is 2.08 bits per heavy atom. The average Bonchev–Trinajstić information content (AvgIpc) is 2.12. The van der Waals surface area contributed by atoms with Gasteiger partial charge in [-0.15, -0.1) is 0 Å². The summed E-state index contributed by atoms with van der Waals surface area (Å²) in [4.78, 5) is 3.98. The third kappa shape index (κ3) is 3.57. The van der Waals surface area contributed by atoms with E-state index in [1.165, 1.54) is 0 Å². The molecule has 0 aliphatic carbocycles. The van der Waals surface area contributed by atoms with Gasteiger partial charge in [0.05, 0.1) is 0 Å². The van der Waals surface area contributed by atoms with Gasteiger partial charge in [-0.25, -0.2) is 0 Å². The molecular weight excluding hydrogens is 154 g/mol. The lowest BCUT2D eigenvalue weighted by Crippen LogP contribution is -2.44. The normalized spacial score (nSPS) is 16.9. The maximum atomic E-state index is 8.86. The van der Waals surface area contributed by atoms with Crippen molar-refractivity contribution in [2.24, 2.45) is 10.9 Å². The molecule has 0 saturated heterocycles. The summed E-state index contributed by atoms with van der Waals surface area (Å²) in [6.07, 6.45) is 0. The molecule has 0 aromatic carbocycles. The molecule has 0 heterocycles. The van der Waals surface area contributed by atoms with Gasteiger partial charge in [-0.1, -0.05) is 6.92 Å². The van der Waals surface area contributed by atoms with Crippen LogP contribution in [0, 0.1) is 5.92 Å². The van der Waals surface area contributed by atoms with E-state index in [1.54, 1.807) is 7.05 Å². The highest BCUT2D eigenvalue weighted by Gasteiger charge is 2.11. The molecule has 0 aromatic rings. The number of aliphatic hydroxyl groups is 1. The standard InChI is InChI=1S/C8H19N3O/c1-6(5-12)7(2)11-8(9-3)10-4/h6-7,12H,5H2,1-4H3,(H2,9,10,11). The van der Waals surface area contributed by atoms with Crippen LogP contribution in [-0.4, -0.2) is 37.8 Å². The van der Waals surface area contributed by atoms with Gasteiger partial charge >= 0.3 is 0 Å². The summed E-state index contributed by atoms with van der Waals surface area (Å²) in [5.41, 5.74) is 0. The third-order valence-corrected chi connectivity index (χ3v) is 1.97. The number of nitrogens with zero attached hydrogens (tertiary/aromatic N) is 1. The van der Waals surface area contributed by atoms with Crippen molar-refractivity contribution in [1.29, 1.82) is 0 Å². The average molecular weight is 173 g/mol. The summed E-state index contributed by atoms with van der Waals surface area (Å²) in [6, 6.07) is 0.223. The zero-order valence-corrected chi connectivity index (χ0v) is 8.26. The van der Waals surface area contributed by atoms with E-state index in [-0.39, 0.29) is 18.6 Å². The van der Waals surface area contributed by atoms with Crippen LogP contribution in [0.5, 0.6) is 0 Å². The van der Waals surface area contributed by atoms with Crippen LogP contribution in [-0.2, 0) is 0 Å². The predicted octanol–water partition coefficient (Wildman–Crippen LogP) is -0.202. The van der Waals surface area contributed by atoms with E-state index in [4.69, 9.17) is 5.11 Å². The molecule has 0 amide bonds. The highest BCUT2D eigenvalue weighted by atomic mass is 16.3. The Kier molecular flexibility index (Phi) is 5.45. The monoisotopic (exact) mass is 173 g/mol. The van der Waals surface area contributed by atoms with Crippen LogP contribution >= 0.6 is 0 Å². The van der Waals surface area contributed by atoms with E-state index in [1.807, 2.05) is 20.9 Å². The Balaban J connectivity index is 3.89. The Bertz CT molecular complexity index is 147. The van der Waals surface area contributed by atoms with Crippen molar-refractivity contribution in [2.45, 2.75) is 19.9 Å². The molecule has 0 aromatic heterocycles. The van der Waals surface area contributed by atoms with Crippen LogP contribution in [0.4, 0.5) is 0 Å². The lowest BCUT2D eigenvalue weighted by atomic mass is 10.1. The molecule has 0 saturated carbocycles. The second-order valence-electron chi connectivity index (χ2n) is 2.92. The Morgan fingerprint density at radius 3 is 2.42 bits per heavy atom. The molecule has 3 N–H and O–H groups in total. The molecule has 0 radical (unpaired) electrons. The minimum atomic E-state index is 0.189. The first-order valence-corrected chi connectivity index (χ1v) is 4.17. The topological polar surface area (TPSA) is 56.7 Å². The highest BCUT2D eigenvalue weighted by molar-refractivity contribution is 5.79. The second kappa shape index (κ2) is 5.83. The number of aliphatic hydroxyl groups excluding tert-OH is 1. The summed E-state index contributed by atoms with van der Waals surface area (Å²) < 4.78 is 0. The van der Waals surface area contributed by atoms with Gasteiger partial charge in [0, 0.05) is 26.7 Å². The van der Waals surface area contributed by atoms with Gasteiger partial charge < -0.3 is 15.7 Å². The van der Waals surface area contributed by atoms with E-state index in [0.717, 1.165) is 5.96 Å². The van der Waals surface area contributed by atoms with Crippen molar-refractivity contribution in [1.82, 2.24) is 10.6 Å².